The van der Waals surface area contributed by atoms with Crippen molar-refractivity contribution in [1.82, 2.24) is 0 Å². The number of benzene rings is 2. The average molecular weight is 344 g/mol. The number of methoxy groups -OCH3 is 1. The van der Waals surface area contributed by atoms with Crippen molar-refractivity contribution in [3.8, 4) is 5.75 Å². The zero-order valence-electron chi connectivity index (χ0n) is 13.8. The van der Waals surface area contributed by atoms with E-state index in [2.05, 4.69) is 10.6 Å². The number of amides is 2. The Labute approximate surface area is 143 Å². The van der Waals surface area contributed by atoms with Crippen molar-refractivity contribution in [3.05, 3.63) is 53.8 Å². The van der Waals surface area contributed by atoms with Gasteiger partial charge in [-0.25, -0.2) is 4.39 Å². The fourth-order valence-electron chi connectivity index (χ4n) is 2.58. The van der Waals surface area contributed by atoms with Crippen molar-refractivity contribution >= 4 is 23.2 Å². The summed E-state index contributed by atoms with van der Waals surface area (Å²) in [5.74, 6) is -0.850. The maximum absolute atomic E-state index is 14.1. The van der Waals surface area contributed by atoms with Crippen LogP contribution in [0.15, 0.2) is 42.5 Å². The Morgan fingerprint density at radius 3 is 2.80 bits per heavy atom. The highest BCUT2D eigenvalue weighted by Crippen LogP contribution is 2.33. The number of nitrogens with one attached hydrogen (secondary N) is 2. The zero-order valence-corrected chi connectivity index (χ0v) is 13.8. The molecular formula is C18H17FN2O4. The Morgan fingerprint density at radius 1 is 1.32 bits per heavy atom. The monoisotopic (exact) mass is 344 g/mol. The molecule has 0 unspecified atom stereocenters. The molecule has 6 nitrogen and oxygen atoms in total. The van der Waals surface area contributed by atoms with Crippen LogP contribution in [-0.4, -0.2) is 25.5 Å². The van der Waals surface area contributed by atoms with Crippen molar-refractivity contribution in [2.45, 2.75) is 12.5 Å². The van der Waals surface area contributed by atoms with Crippen LogP contribution in [0.25, 0.3) is 0 Å². The first-order valence-corrected chi connectivity index (χ1v) is 7.62. The highest BCUT2D eigenvalue weighted by atomic mass is 19.1. The molecule has 2 N–H and O–H groups in total. The van der Waals surface area contributed by atoms with Gasteiger partial charge in [0.05, 0.1) is 5.69 Å². The van der Waals surface area contributed by atoms with Gasteiger partial charge in [0.15, 0.2) is 12.2 Å². The number of hydrogen-bond donors (Lipinski definition) is 2. The van der Waals surface area contributed by atoms with E-state index in [1.54, 1.807) is 30.3 Å². The van der Waals surface area contributed by atoms with Gasteiger partial charge in [0.25, 0.3) is 11.8 Å². The lowest BCUT2D eigenvalue weighted by atomic mass is 9.94. The van der Waals surface area contributed by atoms with Crippen molar-refractivity contribution in [3.63, 3.8) is 0 Å². The number of anilines is 2. The molecule has 2 aromatic carbocycles. The zero-order chi connectivity index (χ0) is 18.0. The van der Waals surface area contributed by atoms with Gasteiger partial charge < -0.3 is 20.1 Å². The summed E-state index contributed by atoms with van der Waals surface area (Å²) in [7, 11) is 1.34. The standard InChI is InChI=1S/C18H17FN2O4/c1-18(24-2,12-5-3-4-6-13(12)19)17(23)20-11-7-8-14-15(9-11)25-10-16(22)21-14/h3-9H,10H2,1-2H3,(H,20,23)(H,21,22)/t18-/m1/s1. The highest BCUT2D eigenvalue weighted by molar-refractivity contribution is 5.99. The van der Waals surface area contributed by atoms with E-state index in [0.29, 0.717) is 17.1 Å². The van der Waals surface area contributed by atoms with E-state index in [1.807, 2.05) is 0 Å². The molecule has 1 heterocycles. The normalized spacial score (nSPS) is 15.4. The summed E-state index contributed by atoms with van der Waals surface area (Å²) in [5, 5.41) is 5.36. The Hall–Kier alpha value is -2.93. The summed E-state index contributed by atoms with van der Waals surface area (Å²) in [5.41, 5.74) is -0.398. The van der Waals surface area contributed by atoms with Crippen LogP contribution in [0, 0.1) is 5.82 Å². The van der Waals surface area contributed by atoms with E-state index in [4.69, 9.17) is 9.47 Å². The molecule has 1 aliphatic rings. The maximum atomic E-state index is 14.1. The predicted octanol–water partition coefficient (Wildman–Crippen LogP) is 2.66. The van der Waals surface area contributed by atoms with Crippen LogP contribution < -0.4 is 15.4 Å². The van der Waals surface area contributed by atoms with Gasteiger partial charge in [0.1, 0.15) is 11.6 Å². The molecule has 0 saturated heterocycles. The minimum Gasteiger partial charge on any atom is -0.482 e. The fourth-order valence-corrected chi connectivity index (χ4v) is 2.58. The molecule has 0 saturated carbocycles. The number of ether oxygens (including phenoxy) is 2. The quantitative estimate of drug-likeness (QED) is 0.894. The largest absolute Gasteiger partial charge is 0.482 e. The number of carbonyl (C=O) groups excluding carboxylic acids is 2. The number of hydrogen-bond acceptors (Lipinski definition) is 4. The molecule has 0 bridgehead atoms. The van der Waals surface area contributed by atoms with E-state index in [9.17, 15) is 14.0 Å². The van der Waals surface area contributed by atoms with Crippen LogP contribution in [-0.2, 0) is 19.9 Å². The molecule has 3 rings (SSSR count). The third-order valence-corrected chi connectivity index (χ3v) is 4.10. The van der Waals surface area contributed by atoms with Crippen molar-refractivity contribution in [1.29, 1.82) is 0 Å². The van der Waals surface area contributed by atoms with Crippen LogP contribution in [0.2, 0.25) is 0 Å². The second kappa shape index (κ2) is 6.52. The molecule has 2 aromatic rings. The van der Waals surface area contributed by atoms with Crippen LogP contribution in [0.5, 0.6) is 5.75 Å². The van der Waals surface area contributed by atoms with E-state index in [1.165, 1.54) is 26.2 Å². The molecule has 0 aliphatic carbocycles. The molecule has 0 radical (unpaired) electrons. The van der Waals surface area contributed by atoms with E-state index in [0.717, 1.165) is 0 Å². The summed E-state index contributed by atoms with van der Waals surface area (Å²) in [6.45, 7) is 1.41. The molecule has 0 fully saturated rings. The van der Waals surface area contributed by atoms with Crippen LogP contribution in [0.4, 0.5) is 15.8 Å². The van der Waals surface area contributed by atoms with Gasteiger partial charge in [0.2, 0.25) is 0 Å². The smallest absolute Gasteiger partial charge is 0.262 e. The van der Waals surface area contributed by atoms with Gasteiger partial charge in [-0.05, 0) is 25.1 Å². The summed E-state index contributed by atoms with van der Waals surface area (Å²) in [4.78, 5) is 24.0. The summed E-state index contributed by atoms with van der Waals surface area (Å²) < 4.78 is 24.8. The first kappa shape index (κ1) is 16.9. The van der Waals surface area contributed by atoms with Crippen molar-refractivity contribution in [2.75, 3.05) is 24.4 Å². The van der Waals surface area contributed by atoms with Crippen molar-refractivity contribution in [2.24, 2.45) is 0 Å². The molecule has 1 aliphatic heterocycles. The second-order valence-corrected chi connectivity index (χ2v) is 5.72. The van der Waals surface area contributed by atoms with Crippen LogP contribution >= 0.6 is 0 Å². The van der Waals surface area contributed by atoms with E-state index >= 15 is 0 Å². The van der Waals surface area contributed by atoms with Gasteiger partial charge in [-0.3, -0.25) is 9.59 Å². The van der Waals surface area contributed by atoms with Gasteiger partial charge in [-0.2, -0.15) is 0 Å². The first-order chi connectivity index (χ1) is 11.9. The summed E-state index contributed by atoms with van der Waals surface area (Å²) >= 11 is 0. The van der Waals surface area contributed by atoms with Gasteiger partial charge >= 0.3 is 0 Å². The van der Waals surface area contributed by atoms with Gasteiger partial charge in [0, 0.05) is 24.4 Å². The Morgan fingerprint density at radius 2 is 2.08 bits per heavy atom. The lowest BCUT2D eigenvalue weighted by Crippen LogP contribution is -2.40. The molecule has 2 amide bonds. The second-order valence-electron chi connectivity index (χ2n) is 5.72. The first-order valence-electron chi connectivity index (χ1n) is 7.62. The maximum Gasteiger partial charge on any atom is 0.262 e. The Balaban J connectivity index is 1.86. The molecular weight excluding hydrogens is 327 g/mol. The SMILES string of the molecule is CO[C@@](C)(C(=O)Nc1ccc2c(c1)OCC(=O)N2)c1ccccc1F. The molecule has 130 valence electrons. The molecule has 0 spiro atoms. The topological polar surface area (TPSA) is 76.7 Å². The number of fused-ring (bicyclic) bond motifs is 1. The summed E-state index contributed by atoms with van der Waals surface area (Å²) in [6, 6.07) is 10.8. The minimum atomic E-state index is -1.50. The minimum absolute atomic E-state index is 0.0879. The molecule has 0 aromatic heterocycles. The molecule has 1 atom stereocenters. The Kier molecular flexibility index (Phi) is 4.41. The number of carbonyl (C=O) groups is 2. The number of halogens is 1. The average Bonchev–Trinajstić information content (AvgIpc) is 2.61. The number of rotatable bonds is 4. The Bertz CT molecular complexity index is 840. The van der Waals surface area contributed by atoms with Crippen molar-refractivity contribution < 1.29 is 23.5 Å². The lowest BCUT2D eigenvalue weighted by Gasteiger charge is -2.28. The van der Waals surface area contributed by atoms with Gasteiger partial charge in [-0.15, -0.1) is 0 Å². The lowest BCUT2D eigenvalue weighted by molar-refractivity contribution is -0.137. The van der Waals surface area contributed by atoms with E-state index in [-0.39, 0.29) is 18.1 Å². The molecule has 7 heteroatoms. The summed E-state index contributed by atoms with van der Waals surface area (Å²) in [6.07, 6.45) is 0. The predicted molar refractivity (Wildman–Crippen MR) is 90.0 cm³/mol. The van der Waals surface area contributed by atoms with Crippen LogP contribution in [0.1, 0.15) is 12.5 Å². The third-order valence-electron chi connectivity index (χ3n) is 4.10. The molecule has 25 heavy (non-hydrogen) atoms. The third kappa shape index (κ3) is 3.18. The van der Waals surface area contributed by atoms with Gasteiger partial charge in [-0.1, -0.05) is 18.2 Å². The fraction of sp³-hybridized carbons (Fsp3) is 0.222. The highest BCUT2D eigenvalue weighted by Gasteiger charge is 2.37. The van der Waals surface area contributed by atoms with Crippen LogP contribution in [0.3, 0.4) is 0 Å². The van der Waals surface area contributed by atoms with E-state index < -0.39 is 17.3 Å².